The van der Waals surface area contributed by atoms with E-state index in [9.17, 15) is 0 Å². The van der Waals surface area contributed by atoms with Crippen molar-refractivity contribution < 1.29 is 0 Å². The zero-order valence-electron chi connectivity index (χ0n) is 6.79. The molecule has 64 valence electrons. The topological polar surface area (TPSA) is 35.8 Å². The van der Waals surface area contributed by atoms with Gasteiger partial charge >= 0.3 is 0 Å². The summed E-state index contributed by atoms with van der Waals surface area (Å²) in [4.78, 5) is -1.09. The minimum atomic E-state index is -1.09. The van der Waals surface area contributed by atoms with Gasteiger partial charge in [-0.15, -0.1) is 0 Å². The van der Waals surface area contributed by atoms with E-state index in [1.165, 1.54) is 0 Å². The van der Waals surface area contributed by atoms with E-state index in [-0.39, 0.29) is 0 Å². The number of benzene rings is 1. The lowest BCUT2D eigenvalue weighted by Crippen LogP contribution is -2.29. The number of hydrogen-bond donors (Lipinski definition) is 1. The van der Waals surface area contributed by atoms with Crippen LogP contribution in [0.25, 0.3) is 6.08 Å². The van der Waals surface area contributed by atoms with Gasteiger partial charge in [-0.05, 0) is 17.7 Å². The summed E-state index contributed by atoms with van der Waals surface area (Å²) >= 11 is 5.93. The predicted octanol–water partition coefficient (Wildman–Crippen LogP) is 2.58. The van der Waals surface area contributed by atoms with E-state index in [1.54, 1.807) is 6.08 Å². The van der Waals surface area contributed by atoms with E-state index in [4.69, 9.17) is 16.9 Å². The molecule has 0 spiro atoms. The van der Waals surface area contributed by atoms with Gasteiger partial charge in [-0.1, -0.05) is 35.9 Å². The van der Waals surface area contributed by atoms with Crippen molar-refractivity contribution in [3.63, 3.8) is 0 Å². The van der Waals surface area contributed by atoms with Crippen LogP contribution >= 0.6 is 11.6 Å². The SMILES string of the molecule is N#CC1(Cl)C=Cc2ccccc2N1. The lowest BCUT2D eigenvalue weighted by atomic mass is 10.1. The number of halogens is 1. The molecule has 0 aliphatic carbocycles. The highest BCUT2D eigenvalue weighted by Crippen LogP contribution is 2.29. The van der Waals surface area contributed by atoms with E-state index in [1.807, 2.05) is 36.4 Å². The van der Waals surface area contributed by atoms with Gasteiger partial charge in [0.2, 0.25) is 5.00 Å². The quantitative estimate of drug-likeness (QED) is 0.504. The van der Waals surface area contributed by atoms with Crippen LogP contribution < -0.4 is 5.32 Å². The highest BCUT2D eigenvalue weighted by atomic mass is 35.5. The zero-order chi connectivity index (χ0) is 9.31. The van der Waals surface area contributed by atoms with Crippen molar-refractivity contribution in [2.24, 2.45) is 0 Å². The van der Waals surface area contributed by atoms with Gasteiger partial charge in [0.1, 0.15) is 6.07 Å². The number of fused-ring (bicyclic) bond motifs is 1. The molecule has 3 heteroatoms. The largest absolute Gasteiger partial charge is 0.351 e. The highest BCUT2D eigenvalue weighted by molar-refractivity contribution is 6.29. The van der Waals surface area contributed by atoms with E-state index in [0.717, 1.165) is 11.3 Å². The average molecular weight is 191 g/mol. The first-order chi connectivity index (χ1) is 6.23. The molecule has 0 aromatic heterocycles. The summed E-state index contributed by atoms with van der Waals surface area (Å²) in [6.07, 6.45) is 3.50. The van der Waals surface area contributed by atoms with Crippen LogP contribution in [0.3, 0.4) is 0 Å². The van der Waals surface area contributed by atoms with E-state index >= 15 is 0 Å². The molecule has 1 aliphatic heterocycles. The molecule has 0 radical (unpaired) electrons. The molecular formula is C10H7ClN2. The van der Waals surface area contributed by atoms with Crippen LogP contribution in [-0.2, 0) is 0 Å². The fourth-order valence-corrected chi connectivity index (χ4v) is 1.43. The smallest absolute Gasteiger partial charge is 0.219 e. The Hall–Kier alpha value is -1.46. The average Bonchev–Trinajstić information content (AvgIpc) is 2.18. The summed E-state index contributed by atoms with van der Waals surface area (Å²) < 4.78 is 0. The number of hydrogen-bond acceptors (Lipinski definition) is 2. The Morgan fingerprint density at radius 3 is 2.92 bits per heavy atom. The zero-order valence-corrected chi connectivity index (χ0v) is 7.55. The predicted molar refractivity (Wildman–Crippen MR) is 53.3 cm³/mol. The molecule has 1 heterocycles. The molecule has 2 nitrogen and oxygen atoms in total. The molecule has 1 aliphatic rings. The third-order valence-corrected chi connectivity index (χ3v) is 2.24. The van der Waals surface area contributed by atoms with E-state index in [2.05, 4.69) is 5.32 Å². The van der Waals surface area contributed by atoms with Crippen molar-refractivity contribution in [1.29, 1.82) is 5.26 Å². The fourth-order valence-electron chi connectivity index (χ4n) is 1.26. The molecule has 1 N–H and O–H groups in total. The number of alkyl halides is 1. The van der Waals surface area contributed by atoms with Gasteiger partial charge in [0.15, 0.2) is 0 Å². The summed E-state index contributed by atoms with van der Waals surface area (Å²) in [5.74, 6) is 0. The Kier molecular flexibility index (Phi) is 1.75. The number of nitrogens with zero attached hydrogens (tertiary/aromatic N) is 1. The molecule has 1 atom stereocenters. The van der Waals surface area contributed by atoms with Crippen molar-refractivity contribution in [3.8, 4) is 6.07 Å². The van der Waals surface area contributed by atoms with E-state index in [0.29, 0.717) is 0 Å². The molecular weight excluding hydrogens is 184 g/mol. The Bertz CT molecular complexity index is 406. The maximum Gasteiger partial charge on any atom is 0.219 e. The van der Waals surface area contributed by atoms with Crippen LogP contribution in [0, 0.1) is 11.3 Å². The standard InChI is InChI=1S/C10H7ClN2/c11-10(7-12)6-5-8-3-1-2-4-9(8)13-10/h1-6,13H. The number of para-hydroxylation sites is 1. The first kappa shape index (κ1) is 8.15. The Morgan fingerprint density at radius 1 is 1.38 bits per heavy atom. The van der Waals surface area contributed by atoms with Crippen molar-refractivity contribution >= 4 is 23.4 Å². The van der Waals surface area contributed by atoms with Gasteiger partial charge in [-0.2, -0.15) is 5.26 Å². The van der Waals surface area contributed by atoms with E-state index < -0.39 is 5.00 Å². The second-order valence-electron chi connectivity index (χ2n) is 2.87. The molecule has 2 rings (SSSR count). The van der Waals surface area contributed by atoms with Crippen molar-refractivity contribution in [2.45, 2.75) is 5.00 Å². The normalized spacial score (nSPS) is 24.3. The third kappa shape index (κ3) is 1.39. The molecule has 0 saturated heterocycles. The van der Waals surface area contributed by atoms with Gasteiger partial charge in [0.25, 0.3) is 0 Å². The van der Waals surface area contributed by atoms with Crippen LogP contribution in [0.15, 0.2) is 30.3 Å². The molecule has 1 unspecified atom stereocenters. The van der Waals surface area contributed by atoms with Gasteiger partial charge < -0.3 is 5.32 Å². The minimum Gasteiger partial charge on any atom is -0.351 e. The van der Waals surface area contributed by atoms with Crippen molar-refractivity contribution in [2.75, 3.05) is 5.32 Å². The minimum absolute atomic E-state index is 0.890. The Balaban J connectivity index is 2.46. The van der Waals surface area contributed by atoms with Crippen LogP contribution in [0.2, 0.25) is 0 Å². The summed E-state index contributed by atoms with van der Waals surface area (Å²) in [5.41, 5.74) is 1.94. The summed E-state index contributed by atoms with van der Waals surface area (Å²) in [6, 6.07) is 9.70. The summed E-state index contributed by atoms with van der Waals surface area (Å²) in [6.45, 7) is 0. The van der Waals surface area contributed by atoms with Crippen LogP contribution in [-0.4, -0.2) is 5.00 Å². The number of nitriles is 1. The molecule has 0 fully saturated rings. The number of nitrogens with one attached hydrogen (secondary N) is 1. The monoisotopic (exact) mass is 190 g/mol. The summed E-state index contributed by atoms with van der Waals surface area (Å²) in [7, 11) is 0. The maximum atomic E-state index is 8.78. The Labute approximate surface area is 81.4 Å². The maximum absolute atomic E-state index is 8.78. The van der Waals surface area contributed by atoms with Crippen LogP contribution in [0.5, 0.6) is 0 Å². The first-order valence-corrected chi connectivity index (χ1v) is 4.28. The second-order valence-corrected chi connectivity index (χ2v) is 3.47. The Morgan fingerprint density at radius 2 is 2.15 bits per heavy atom. The highest BCUT2D eigenvalue weighted by Gasteiger charge is 2.26. The fraction of sp³-hybridized carbons (Fsp3) is 0.100. The molecule has 0 saturated carbocycles. The molecule has 0 bridgehead atoms. The summed E-state index contributed by atoms with van der Waals surface area (Å²) in [5, 5.41) is 11.7. The van der Waals surface area contributed by atoms with Crippen LogP contribution in [0.4, 0.5) is 5.69 Å². The lowest BCUT2D eigenvalue weighted by Gasteiger charge is -2.23. The van der Waals surface area contributed by atoms with Crippen molar-refractivity contribution in [1.82, 2.24) is 0 Å². The second kappa shape index (κ2) is 2.79. The van der Waals surface area contributed by atoms with Gasteiger partial charge in [0, 0.05) is 5.69 Å². The van der Waals surface area contributed by atoms with Gasteiger partial charge in [-0.3, -0.25) is 0 Å². The van der Waals surface area contributed by atoms with Gasteiger partial charge in [0.05, 0.1) is 0 Å². The molecule has 1 aromatic rings. The lowest BCUT2D eigenvalue weighted by molar-refractivity contribution is 1.01. The number of anilines is 1. The van der Waals surface area contributed by atoms with Crippen molar-refractivity contribution in [3.05, 3.63) is 35.9 Å². The van der Waals surface area contributed by atoms with Crippen LogP contribution in [0.1, 0.15) is 5.56 Å². The van der Waals surface area contributed by atoms with Gasteiger partial charge in [-0.25, -0.2) is 0 Å². The molecule has 0 amide bonds. The molecule has 1 aromatic carbocycles. The molecule has 13 heavy (non-hydrogen) atoms. The number of rotatable bonds is 0. The third-order valence-electron chi connectivity index (χ3n) is 1.93. The first-order valence-electron chi connectivity index (χ1n) is 3.90.